The highest BCUT2D eigenvalue weighted by Gasteiger charge is 2.23. The molecule has 108 valence electrons. The fourth-order valence-corrected chi connectivity index (χ4v) is 2.12. The number of methoxy groups -OCH3 is 2. The number of rotatable bonds is 6. The van der Waals surface area contributed by atoms with Gasteiger partial charge in [0.1, 0.15) is 0 Å². The third kappa shape index (κ3) is 3.06. The number of ether oxygens (including phenoxy) is 2. The fourth-order valence-electron chi connectivity index (χ4n) is 2.12. The normalized spacial score (nSPS) is 12.3. The van der Waals surface area contributed by atoms with E-state index < -0.39 is 0 Å². The van der Waals surface area contributed by atoms with E-state index in [2.05, 4.69) is 13.8 Å². The summed E-state index contributed by atoms with van der Waals surface area (Å²) in [6.07, 6.45) is 2.76. The van der Waals surface area contributed by atoms with E-state index in [1.807, 2.05) is 0 Å². The molecule has 4 heteroatoms. The van der Waals surface area contributed by atoms with E-state index in [4.69, 9.17) is 9.47 Å². The molecule has 0 amide bonds. The molecule has 4 nitrogen and oxygen atoms in total. The molecule has 1 rings (SSSR count). The molecule has 0 aliphatic carbocycles. The number of phenols is 2. The lowest BCUT2D eigenvalue weighted by Crippen LogP contribution is -2.01. The van der Waals surface area contributed by atoms with Gasteiger partial charge in [0.05, 0.1) is 14.2 Å². The van der Waals surface area contributed by atoms with Gasteiger partial charge >= 0.3 is 0 Å². The highest BCUT2D eigenvalue weighted by Crippen LogP contribution is 2.48. The van der Waals surface area contributed by atoms with Gasteiger partial charge in [-0.2, -0.15) is 0 Å². The highest BCUT2D eigenvalue weighted by molar-refractivity contribution is 5.65. The Kier molecular flexibility index (Phi) is 5.33. The number of hydrogen-bond acceptors (Lipinski definition) is 4. The Bertz CT molecular complexity index is 441. The second-order valence-electron chi connectivity index (χ2n) is 4.92. The molecular weight excluding hydrogens is 244 g/mol. The number of benzene rings is 1. The van der Waals surface area contributed by atoms with Crippen molar-refractivity contribution < 1.29 is 19.7 Å². The molecule has 0 spiro atoms. The minimum Gasteiger partial charge on any atom is -0.504 e. The van der Waals surface area contributed by atoms with Crippen molar-refractivity contribution in [1.29, 1.82) is 0 Å². The van der Waals surface area contributed by atoms with E-state index in [1.54, 1.807) is 6.92 Å². The zero-order valence-electron chi connectivity index (χ0n) is 12.4. The Morgan fingerprint density at radius 1 is 1.05 bits per heavy atom. The van der Waals surface area contributed by atoms with Crippen molar-refractivity contribution >= 4 is 0 Å². The lowest BCUT2D eigenvalue weighted by Gasteiger charge is -2.18. The standard InChI is InChI=1S/C15H24O4/c1-6-9(2)7-8-11-10(3)12(16)14(18-4)15(19-5)13(11)17/h9,16-17H,6-8H2,1-5H3. The quantitative estimate of drug-likeness (QED) is 0.776. The third-order valence-corrected chi connectivity index (χ3v) is 3.72. The maximum Gasteiger partial charge on any atom is 0.207 e. The van der Waals surface area contributed by atoms with Crippen molar-refractivity contribution in [3.63, 3.8) is 0 Å². The van der Waals surface area contributed by atoms with E-state index in [0.29, 0.717) is 17.9 Å². The summed E-state index contributed by atoms with van der Waals surface area (Å²) in [6, 6.07) is 0. The van der Waals surface area contributed by atoms with Gasteiger partial charge in [0.15, 0.2) is 11.5 Å². The van der Waals surface area contributed by atoms with Gasteiger partial charge in [-0.1, -0.05) is 20.3 Å². The van der Waals surface area contributed by atoms with E-state index in [0.717, 1.165) is 18.4 Å². The van der Waals surface area contributed by atoms with Crippen LogP contribution in [0.5, 0.6) is 23.0 Å². The molecular formula is C15H24O4. The minimum atomic E-state index is 0.0382. The molecule has 1 unspecified atom stereocenters. The Hall–Kier alpha value is -1.58. The van der Waals surface area contributed by atoms with Crippen molar-refractivity contribution in [2.45, 2.75) is 40.0 Å². The molecule has 1 aromatic rings. The van der Waals surface area contributed by atoms with Crippen LogP contribution in [0.15, 0.2) is 0 Å². The van der Waals surface area contributed by atoms with Crippen molar-refractivity contribution in [2.24, 2.45) is 5.92 Å². The molecule has 0 radical (unpaired) electrons. The smallest absolute Gasteiger partial charge is 0.207 e. The first-order valence-corrected chi connectivity index (χ1v) is 6.63. The summed E-state index contributed by atoms with van der Waals surface area (Å²) >= 11 is 0. The van der Waals surface area contributed by atoms with Crippen LogP contribution in [-0.2, 0) is 6.42 Å². The molecule has 0 heterocycles. The van der Waals surface area contributed by atoms with Gasteiger partial charge in [-0.05, 0) is 25.7 Å². The molecule has 0 aliphatic rings. The average molecular weight is 268 g/mol. The van der Waals surface area contributed by atoms with E-state index in [1.165, 1.54) is 14.2 Å². The zero-order valence-corrected chi connectivity index (χ0v) is 12.4. The first kappa shape index (κ1) is 15.5. The lowest BCUT2D eigenvalue weighted by atomic mass is 9.94. The van der Waals surface area contributed by atoms with E-state index >= 15 is 0 Å². The van der Waals surface area contributed by atoms with Gasteiger partial charge in [0.2, 0.25) is 11.5 Å². The second kappa shape index (κ2) is 6.55. The van der Waals surface area contributed by atoms with Gasteiger partial charge < -0.3 is 19.7 Å². The number of hydrogen-bond donors (Lipinski definition) is 2. The molecule has 0 saturated heterocycles. The summed E-state index contributed by atoms with van der Waals surface area (Å²) < 4.78 is 10.2. The SMILES string of the molecule is CCC(C)CCc1c(C)c(O)c(OC)c(OC)c1O. The summed E-state index contributed by atoms with van der Waals surface area (Å²) in [5.41, 5.74) is 1.38. The molecule has 0 aliphatic heterocycles. The van der Waals surface area contributed by atoms with Crippen LogP contribution in [0.4, 0.5) is 0 Å². The van der Waals surface area contributed by atoms with E-state index in [-0.39, 0.29) is 23.0 Å². The molecule has 19 heavy (non-hydrogen) atoms. The topological polar surface area (TPSA) is 58.9 Å². The third-order valence-electron chi connectivity index (χ3n) is 3.72. The zero-order chi connectivity index (χ0) is 14.6. The molecule has 0 aromatic heterocycles. The molecule has 0 bridgehead atoms. The summed E-state index contributed by atoms with van der Waals surface area (Å²) in [5.74, 6) is 1.07. The van der Waals surface area contributed by atoms with Gasteiger partial charge in [0, 0.05) is 11.1 Å². The highest BCUT2D eigenvalue weighted by atomic mass is 16.5. The first-order valence-electron chi connectivity index (χ1n) is 6.63. The monoisotopic (exact) mass is 268 g/mol. The summed E-state index contributed by atoms with van der Waals surface area (Å²) in [5, 5.41) is 20.4. The largest absolute Gasteiger partial charge is 0.504 e. The van der Waals surface area contributed by atoms with Crippen molar-refractivity contribution in [2.75, 3.05) is 14.2 Å². The predicted octanol–water partition coefficient (Wildman–Crippen LogP) is 3.40. The Morgan fingerprint density at radius 2 is 1.58 bits per heavy atom. The van der Waals surface area contributed by atoms with Gasteiger partial charge in [-0.15, -0.1) is 0 Å². The van der Waals surface area contributed by atoms with Crippen LogP contribution in [0.3, 0.4) is 0 Å². The maximum absolute atomic E-state index is 10.3. The maximum atomic E-state index is 10.3. The van der Waals surface area contributed by atoms with Crippen molar-refractivity contribution in [3.8, 4) is 23.0 Å². The Balaban J connectivity index is 3.21. The number of aromatic hydroxyl groups is 2. The van der Waals surface area contributed by atoms with Crippen LogP contribution in [0.1, 0.15) is 37.8 Å². The molecule has 2 N–H and O–H groups in total. The van der Waals surface area contributed by atoms with Gasteiger partial charge in [-0.3, -0.25) is 0 Å². The molecule has 1 atom stereocenters. The van der Waals surface area contributed by atoms with Crippen LogP contribution in [0.2, 0.25) is 0 Å². The molecule has 0 saturated carbocycles. The van der Waals surface area contributed by atoms with Crippen molar-refractivity contribution in [1.82, 2.24) is 0 Å². The molecule has 0 fully saturated rings. The van der Waals surface area contributed by atoms with Crippen LogP contribution < -0.4 is 9.47 Å². The van der Waals surface area contributed by atoms with Crippen molar-refractivity contribution in [3.05, 3.63) is 11.1 Å². The average Bonchev–Trinajstić information content (AvgIpc) is 2.41. The predicted molar refractivity (Wildman–Crippen MR) is 75.4 cm³/mol. The van der Waals surface area contributed by atoms with Crippen LogP contribution in [0, 0.1) is 12.8 Å². The molecule has 1 aromatic carbocycles. The Morgan fingerprint density at radius 3 is 2.05 bits per heavy atom. The summed E-state index contributed by atoms with van der Waals surface area (Å²) in [7, 11) is 2.89. The summed E-state index contributed by atoms with van der Waals surface area (Å²) in [6.45, 7) is 6.10. The number of phenolic OH excluding ortho intramolecular Hbond substituents is 2. The van der Waals surface area contributed by atoms with Gasteiger partial charge in [0.25, 0.3) is 0 Å². The first-order chi connectivity index (χ1) is 8.97. The summed E-state index contributed by atoms with van der Waals surface area (Å²) in [4.78, 5) is 0. The lowest BCUT2D eigenvalue weighted by molar-refractivity contribution is 0.313. The van der Waals surface area contributed by atoms with E-state index in [9.17, 15) is 10.2 Å². The second-order valence-corrected chi connectivity index (χ2v) is 4.92. The Labute approximate surface area is 115 Å². The van der Waals surface area contributed by atoms with Crippen LogP contribution in [0.25, 0.3) is 0 Å². The van der Waals surface area contributed by atoms with Gasteiger partial charge in [-0.25, -0.2) is 0 Å². The fraction of sp³-hybridized carbons (Fsp3) is 0.600. The van der Waals surface area contributed by atoms with Crippen LogP contribution >= 0.6 is 0 Å². The van der Waals surface area contributed by atoms with Crippen LogP contribution in [-0.4, -0.2) is 24.4 Å². The minimum absolute atomic E-state index is 0.0382.